The molecule has 1 unspecified atom stereocenters. The molecule has 0 spiro atoms. The Morgan fingerprint density at radius 1 is 1.12 bits per heavy atom. The molecule has 0 fully saturated rings. The second-order valence-electron chi connectivity index (χ2n) is 4.71. The molecule has 102 valence electrons. The number of carbonyl (C=O) groups is 1. The molecule has 0 aliphatic rings. The van der Waals surface area contributed by atoms with Crippen molar-refractivity contribution < 1.29 is 4.79 Å². The van der Waals surface area contributed by atoms with Crippen LogP contribution in [0.3, 0.4) is 0 Å². The van der Waals surface area contributed by atoms with Gasteiger partial charge in [0, 0.05) is 12.2 Å². The van der Waals surface area contributed by atoms with Crippen LogP contribution in [0.1, 0.15) is 72.1 Å². The zero-order chi connectivity index (χ0) is 12.9. The molecule has 0 aromatic rings. The average Bonchev–Trinajstić information content (AvgIpc) is 2.34. The molecule has 0 bridgehead atoms. The van der Waals surface area contributed by atoms with E-state index < -0.39 is 0 Å². The summed E-state index contributed by atoms with van der Waals surface area (Å²) >= 11 is 1.60. The molecular formula is C14H29NOS. The van der Waals surface area contributed by atoms with E-state index in [2.05, 4.69) is 25.5 Å². The normalized spacial score (nSPS) is 12.4. The highest BCUT2D eigenvalue weighted by Gasteiger charge is 2.07. The van der Waals surface area contributed by atoms with E-state index >= 15 is 0 Å². The van der Waals surface area contributed by atoms with Gasteiger partial charge in [0.2, 0.25) is 5.91 Å². The third-order valence-electron chi connectivity index (χ3n) is 3.06. The van der Waals surface area contributed by atoms with E-state index in [0.29, 0.717) is 6.42 Å². The molecule has 1 N–H and O–H groups in total. The Labute approximate surface area is 111 Å². The van der Waals surface area contributed by atoms with Crippen molar-refractivity contribution in [1.29, 1.82) is 0 Å². The third-order valence-corrected chi connectivity index (χ3v) is 4.07. The summed E-state index contributed by atoms with van der Waals surface area (Å²) in [4.78, 5) is 11.5. The van der Waals surface area contributed by atoms with Gasteiger partial charge in [-0.1, -0.05) is 64.8 Å². The van der Waals surface area contributed by atoms with E-state index in [-0.39, 0.29) is 5.91 Å². The van der Waals surface area contributed by atoms with E-state index in [1.165, 1.54) is 32.1 Å². The van der Waals surface area contributed by atoms with E-state index in [1.54, 1.807) is 11.9 Å². The summed E-state index contributed by atoms with van der Waals surface area (Å²) in [6.45, 7) is 6.63. The zero-order valence-electron chi connectivity index (χ0n) is 11.8. The number of nitrogens with one attached hydrogen (secondary N) is 1. The van der Waals surface area contributed by atoms with Crippen LogP contribution in [0.2, 0.25) is 0 Å². The highest BCUT2D eigenvalue weighted by atomic mass is 32.2. The minimum Gasteiger partial charge on any atom is -0.300 e. The van der Waals surface area contributed by atoms with Crippen LogP contribution < -0.4 is 4.72 Å². The van der Waals surface area contributed by atoms with Crippen molar-refractivity contribution in [1.82, 2.24) is 4.72 Å². The van der Waals surface area contributed by atoms with Crippen LogP contribution in [0.15, 0.2) is 0 Å². The Hall–Kier alpha value is -0.180. The average molecular weight is 259 g/mol. The smallest absolute Gasteiger partial charge is 0.229 e. The van der Waals surface area contributed by atoms with Crippen molar-refractivity contribution in [2.24, 2.45) is 5.92 Å². The monoisotopic (exact) mass is 259 g/mol. The highest BCUT2D eigenvalue weighted by molar-refractivity contribution is 7.97. The number of hydrogen-bond donors (Lipinski definition) is 1. The maximum Gasteiger partial charge on any atom is 0.229 e. The van der Waals surface area contributed by atoms with Gasteiger partial charge in [0.15, 0.2) is 0 Å². The van der Waals surface area contributed by atoms with Gasteiger partial charge in [-0.3, -0.25) is 4.79 Å². The van der Waals surface area contributed by atoms with Crippen LogP contribution in [0.25, 0.3) is 0 Å². The molecule has 0 rings (SSSR count). The number of hydrogen-bond acceptors (Lipinski definition) is 2. The molecule has 0 aromatic carbocycles. The molecule has 1 amide bonds. The summed E-state index contributed by atoms with van der Waals surface area (Å²) in [6, 6.07) is 0. The lowest BCUT2D eigenvalue weighted by molar-refractivity contribution is -0.119. The topological polar surface area (TPSA) is 29.1 Å². The van der Waals surface area contributed by atoms with Crippen LogP contribution in [0.5, 0.6) is 0 Å². The van der Waals surface area contributed by atoms with E-state index in [9.17, 15) is 4.79 Å². The molecule has 0 heterocycles. The fraction of sp³-hybridized carbons (Fsp3) is 0.929. The lowest BCUT2D eigenvalue weighted by Gasteiger charge is -2.13. The van der Waals surface area contributed by atoms with Crippen molar-refractivity contribution in [2.45, 2.75) is 72.1 Å². The third kappa shape index (κ3) is 10.7. The van der Waals surface area contributed by atoms with Gasteiger partial charge in [-0.2, -0.15) is 0 Å². The SMILES string of the molecule is CCCCCC(=O)NSCC(CC)CCCC. The predicted octanol–water partition coefficient (Wildman–Crippen LogP) is 4.55. The minimum absolute atomic E-state index is 0.203. The maximum absolute atomic E-state index is 11.5. The fourth-order valence-corrected chi connectivity index (χ4v) is 2.71. The van der Waals surface area contributed by atoms with Crippen LogP contribution in [0.4, 0.5) is 0 Å². The van der Waals surface area contributed by atoms with E-state index in [0.717, 1.165) is 24.5 Å². The molecule has 0 aliphatic carbocycles. The summed E-state index contributed by atoms with van der Waals surface area (Å²) in [5, 5.41) is 0. The lowest BCUT2D eigenvalue weighted by Crippen LogP contribution is -2.17. The first kappa shape index (κ1) is 16.8. The summed E-state index contributed by atoms with van der Waals surface area (Å²) < 4.78 is 2.96. The summed E-state index contributed by atoms with van der Waals surface area (Å²) in [6.07, 6.45) is 9.14. The van der Waals surface area contributed by atoms with Gasteiger partial charge >= 0.3 is 0 Å². The molecule has 2 nitrogen and oxygen atoms in total. The maximum atomic E-state index is 11.5. The van der Waals surface area contributed by atoms with Crippen LogP contribution >= 0.6 is 11.9 Å². The van der Waals surface area contributed by atoms with Gasteiger partial charge < -0.3 is 4.72 Å². The molecule has 0 aliphatic heterocycles. The predicted molar refractivity (Wildman–Crippen MR) is 78.0 cm³/mol. The first-order valence-electron chi connectivity index (χ1n) is 7.15. The molecule has 3 heteroatoms. The Kier molecular flexibility index (Phi) is 12.2. The summed E-state index contributed by atoms with van der Waals surface area (Å²) in [5.74, 6) is 2.03. The standard InChI is InChI=1S/C14H29NOS/c1-4-7-9-11-14(16)15-17-12-13(6-3)10-8-5-2/h13H,4-12H2,1-3H3,(H,15,16). The van der Waals surface area contributed by atoms with Crippen molar-refractivity contribution in [3.05, 3.63) is 0 Å². The highest BCUT2D eigenvalue weighted by Crippen LogP contribution is 2.16. The van der Waals surface area contributed by atoms with Crippen molar-refractivity contribution in [3.63, 3.8) is 0 Å². The fourth-order valence-electron chi connectivity index (χ4n) is 1.72. The quantitative estimate of drug-likeness (QED) is 0.436. The second kappa shape index (κ2) is 12.3. The first-order chi connectivity index (χ1) is 8.24. The summed E-state index contributed by atoms with van der Waals surface area (Å²) in [7, 11) is 0. The Morgan fingerprint density at radius 2 is 1.82 bits per heavy atom. The van der Waals surface area contributed by atoms with Crippen molar-refractivity contribution in [3.8, 4) is 0 Å². The number of carbonyl (C=O) groups excluding carboxylic acids is 1. The van der Waals surface area contributed by atoms with E-state index in [1.807, 2.05) is 0 Å². The number of amides is 1. The van der Waals surface area contributed by atoms with Crippen LogP contribution in [0, 0.1) is 5.92 Å². The molecular weight excluding hydrogens is 230 g/mol. The molecule has 17 heavy (non-hydrogen) atoms. The Morgan fingerprint density at radius 3 is 2.41 bits per heavy atom. The van der Waals surface area contributed by atoms with Gasteiger partial charge in [-0.15, -0.1) is 0 Å². The van der Waals surface area contributed by atoms with E-state index in [4.69, 9.17) is 0 Å². The van der Waals surface area contributed by atoms with Gasteiger partial charge in [-0.05, 0) is 18.8 Å². The zero-order valence-corrected chi connectivity index (χ0v) is 12.6. The first-order valence-corrected chi connectivity index (χ1v) is 8.13. The van der Waals surface area contributed by atoms with Gasteiger partial charge in [0.1, 0.15) is 0 Å². The van der Waals surface area contributed by atoms with Crippen LogP contribution in [-0.2, 0) is 4.79 Å². The molecule has 0 saturated carbocycles. The largest absolute Gasteiger partial charge is 0.300 e. The van der Waals surface area contributed by atoms with Crippen LogP contribution in [-0.4, -0.2) is 11.7 Å². The summed E-state index contributed by atoms with van der Waals surface area (Å²) in [5.41, 5.74) is 0. The van der Waals surface area contributed by atoms with Crippen molar-refractivity contribution >= 4 is 17.9 Å². The van der Waals surface area contributed by atoms with Crippen molar-refractivity contribution in [2.75, 3.05) is 5.75 Å². The van der Waals surface area contributed by atoms with Gasteiger partial charge in [0.25, 0.3) is 0 Å². The number of rotatable bonds is 11. The van der Waals surface area contributed by atoms with Gasteiger partial charge in [-0.25, -0.2) is 0 Å². The Balaban J connectivity index is 3.48. The van der Waals surface area contributed by atoms with Gasteiger partial charge in [0.05, 0.1) is 0 Å². The molecule has 0 aromatic heterocycles. The number of unbranched alkanes of at least 4 members (excludes halogenated alkanes) is 3. The molecule has 0 saturated heterocycles. The second-order valence-corrected chi connectivity index (χ2v) is 5.54. The molecule has 1 atom stereocenters. The lowest BCUT2D eigenvalue weighted by atomic mass is 10.0. The minimum atomic E-state index is 0.203. The molecule has 0 radical (unpaired) electrons. The Bertz CT molecular complexity index is 185.